The van der Waals surface area contributed by atoms with Gasteiger partial charge < -0.3 is 0 Å². The van der Waals surface area contributed by atoms with Crippen LogP contribution in [-0.4, -0.2) is 0 Å². The Labute approximate surface area is 124 Å². The first-order chi connectivity index (χ1) is 9.16. The highest BCUT2D eigenvalue weighted by Crippen LogP contribution is 2.34. The lowest BCUT2D eigenvalue weighted by molar-refractivity contribution is 0.516. The fraction of sp³-hybridized carbons (Fsp3) is 0.500. The standard InChI is InChI=1S/C20H28/c1-19(2,3)17-11-9-15(13-17)7-8-16-10-12-18(14-16)20(4,5)6/h7-16H,1-6H3/b8-7-. The van der Waals surface area contributed by atoms with Crippen LogP contribution in [0.5, 0.6) is 0 Å². The third kappa shape index (κ3) is 3.62. The van der Waals surface area contributed by atoms with Crippen molar-refractivity contribution in [1.82, 2.24) is 0 Å². The van der Waals surface area contributed by atoms with Crippen LogP contribution in [0.2, 0.25) is 0 Å². The smallest absolute Gasteiger partial charge is 0.0136 e. The van der Waals surface area contributed by atoms with Crippen molar-refractivity contribution in [2.45, 2.75) is 41.5 Å². The molecular formula is C20H28. The van der Waals surface area contributed by atoms with E-state index < -0.39 is 0 Å². The number of rotatable bonds is 2. The fourth-order valence-electron chi connectivity index (χ4n) is 2.56. The summed E-state index contributed by atoms with van der Waals surface area (Å²) in [5.41, 5.74) is 3.40. The molecule has 0 bridgehead atoms. The van der Waals surface area contributed by atoms with Crippen LogP contribution in [0.1, 0.15) is 41.5 Å². The van der Waals surface area contributed by atoms with E-state index in [1.807, 2.05) is 0 Å². The monoisotopic (exact) mass is 268 g/mol. The van der Waals surface area contributed by atoms with Crippen molar-refractivity contribution in [3.63, 3.8) is 0 Å². The van der Waals surface area contributed by atoms with Crippen LogP contribution in [0.15, 0.2) is 59.8 Å². The predicted octanol–water partition coefficient (Wildman–Crippen LogP) is 5.86. The summed E-state index contributed by atoms with van der Waals surface area (Å²) in [5.74, 6) is 0.925. The lowest BCUT2D eigenvalue weighted by atomic mass is 9.87. The highest BCUT2D eigenvalue weighted by atomic mass is 14.3. The largest absolute Gasteiger partial charge is 0.0769 e. The molecule has 0 aromatic rings. The third-order valence-corrected chi connectivity index (χ3v) is 4.03. The molecule has 2 atom stereocenters. The summed E-state index contributed by atoms with van der Waals surface area (Å²) < 4.78 is 0. The predicted molar refractivity (Wildman–Crippen MR) is 89.5 cm³/mol. The van der Waals surface area contributed by atoms with E-state index in [0.717, 1.165) is 0 Å². The van der Waals surface area contributed by atoms with Crippen molar-refractivity contribution < 1.29 is 0 Å². The van der Waals surface area contributed by atoms with Crippen LogP contribution in [0.3, 0.4) is 0 Å². The zero-order chi connectivity index (χ0) is 15.0. The Morgan fingerprint density at radius 3 is 1.30 bits per heavy atom. The van der Waals surface area contributed by atoms with E-state index in [2.05, 4.69) is 90.2 Å². The average molecular weight is 268 g/mol. The van der Waals surface area contributed by atoms with Crippen molar-refractivity contribution in [1.29, 1.82) is 0 Å². The summed E-state index contributed by atoms with van der Waals surface area (Å²) in [6.45, 7) is 13.6. The van der Waals surface area contributed by atoms with E-state index in [-0.39, 0.29) is 10.8 Å². The zero-order valence-corrected chi connectivity index (χ0v) is 13.8. The molecule has 108 valence electrons. The van der Waals surface area contributed by atoms with Gasteiger partial charge in [-0.1, -0.05) is 90.2 Å². The maximum Gasteiger partial charge on any atom is 0.0136 e. The Bertz CT molecular complexity index is 459. The van der Waals surface area contributed by atoms with E-state index >= 15 is 0 Å². The molecule has 2 aliphatic carbocycles. The van der Waals surface area contributed by atoms with Crippen LogP contribution in [-0.2, 0) is 0 Å². The first-order valence-electron chi connectivity index (χ1n) is 7.65. The second-order valence-corrected chi connectivity index (χ2v) is 8.00. The summed E-state index contributed by atoms with van der Waals surface area (Å²) in [7, 11) is 0. The van der Waals surface area contributed by atoms with Gasteiger partial charge in [-0.3, -0.25) is 0 Å². The molecule has 0 aromatic carbocycles. The molecule has 0 heteroatoms. The quantitative estimate of drug-likeness (QED) is 0.550. The lowest BCUT2D eigenvalue weighted by Crippen LogP contribution is -2.06. The lowest BCUT2D eigenvalue weighted by Gasteiger charge is -2.18. The van der Waals surface area contributed by atoms with Gasteiger partial charge in [0.2, 0.25) is 0 Å². The van der Waals surface area contributed by atoms with Gasteiger partial charge in [-0.15, -0.1) is 0 Å². The highest BCUT2D eigenvalue weighted by Gasteiger charge is 2.20. The highest BCUT2D eigenvalue weighted by molar-refractivity contribution is 5.38. The Hall–Kier alpha value is -1.30. The minimum Gasteiger partial charge on any atom is -0.0769 e. The van der Waals surface area contributed by atoms with Gasteiger partial charge in [-0.2, -0.15) is 0 Å². The van der Waals surface area contributed by atoms with Crippen molar-refractivity contribution in [3.05, 3.63) is 59.8 Å². The van der Waals surface area contributed by atoms with E-state index in [9.17, 15) is 0 Å². The maximum absolute atomic E-state index is 2.38. The van der Waals surface area contributed by atoms with Crippen molar-refractivity contribution in [3.8, 4) is 0 Å². The summed E-state index contributed by atoms with van der Waals surface area (Å²) in [5, 5.41) is 0. The molecule has 0 N–H and O–H groups in total. The minimum atomic E-state index is 0.256. The zero-order valence-electron chi connectivity index (χ0n) is 13.8. The van der Waals surface area contributed by atoms with Gasteiger partial charge in [0, 0.05) is 11.8 Å². The van der Waals surface area contributed by atoms with Crippen molar-refractivity contribution in [2.24, 2.45) is 22.7 Å². The Balaban J connectivity index is 2.01. The van der Waals surface area contributed by atoms with Crippen LogP contribution in [0.4, 0.5) is 0 Å². The summed E-state index contributed by atoms with van der Waals surface area (Å²) in [6, 6.07) is 0. The van der Waals surface area contributed by atoms with E-state index in [1.165, 1.54) is 11.1 Å². The molecule has 0 aliphatic heterocycles. The van der Waals surface area contributed by atoms with Crippen LogP contribution in [0.25, 0.3) is 0 Å². The molecule has 2 unspecified atom stereocenters. The molecule has 2 aliphatic rings. The number of allylic oxidation sites excluding steroid dienone is 10. The van der Waals surface area contributed by atoms with E-state index in [1.54, 1.807) is 0 Å². The van der Waals surface area contributed by atoms with Gasteiger partial charge in [0.05, 0.1) is 0 Å². The minimum absolute atomic E-state index is 0.256. The molecule has 0 saturated carbocycles. The number of hydrogen-bond acceptors (Lipinski definition) is 0. The first kappa shape index (κ1) is 15.1. The van der Waals surface area contributed by atoms with Crippen LogP contribution >= 0.6 is 0 Å². The first-order valence-corrected chi connectivity index (χ1v) is 7.65. The van der Waals surface area contributed by atoms with Crippen LogP contribution < -0.4 is 0 Å². The molecule has 0 aromatic heterocycles. The molecule has 0 nitrogen and oxygen atoms in total. The Morgan fingerprint density at radius 1 is 0.700 bits per heavy atom. The van der Waals surface area contributed by atoms with Gasteiger partial charge >= 0.3 is 0 Å². The molecule has 0 saturated heterocycles. The molecular weight excluding hydrogens is 240 g/mol. The molecule has 0 spiro atoms. The molecule has 2 rings (SSSR count). The Kier molecular flexibility index (Phi) is 3.95. The van der Waals surface area contributed by atoms with Gasteiger partial charge in [0.1, 0.15) is 0 Å². The van der Waals surface area contributed by atoms with Gasteiger partial charge in [-0.25, -0.2) is 0 Å². The molecule has 0 amide bonds. The topological polar surface area (TPSA) is 0 Å². The van der Waals surface area contributed by atoms with Crippen molar-refractivity contribution in [2.75, 3.05) is 0 Å². The molecule has 0 radical (unpaired) electrons. The summed E-state index contributed by atoms with van der Waals surface area (Å²) >= 11 is 0. The van der Waals surface area contributed by atoms with Gasteiger partial charge in [-0.05, 0) is 22.0 Å². The second-order valence-electron chi connectivity index (χ2n) is 8.00. The second kappa shape index (κ2) is 5.24. The third-order valence-electron chi connectivity index (χ3n) is 4.03. The number of hydrogen-bond donors (Lipinski definition) is 0. The van der Waals surface area contributed by atoms with Gasteiger partial charge in [0.25, 0.3) is 0 Å². The van der Waals surface area contributed by atoms with Crippen LogP contribution in [0, 0.1) is 22.7 Å². The normalized spacial score (nSPS) is 26.5. The fourth-order valence-corrected chi connectivity index (χ4v) is 2.56. The molecule has 0 fully saturated rings. The van der Waals surface area contributed by atoms with E-state index in [4.69, 9.17) is 0 Å². The van der Waals surface area contributed by atoms with Gasteiger partial charge in [0.15, 0.2) is 0 Å². The Morgan fingerprint density at radius 2 is 1.05 bits per heavy atom. The van der Waals surface area contributed by atoms with E-state index in [0.29, 0.717) is 11.8 Å². The summed E-state index contributed by atoms with van der Waals surface area (Å²) in [4.78, 5) is 0. The SMILES string of the molecule is CC(C)(C)C1=CC(/C=C\C2C=CC(C(C)(C)C)=C2)C=C1. The summed E-state index contributed by atoms with van der Waals surface area (Å²) in [6.07, 6.45) is 18.5. The van der Waals surface area contributed by atoms with Crippen molar-refractivity contribution >= 4 is 0 Å². The maximum atomic E-state index is 2.38. The molecule has 0 heterocycles. The average Bonchev–Trinajstić information content (AvgIpc) is 2.94. The molecule has 20 heavy (non-hydrogen) atoms.